The van der Waals surface area contributed by atoms with Crippen LogP contribution in [0.25, 0.3) is 0 Å². The van der Waals surface area contributed by atoms with Gasteiger partial charge in [0.1, 0.15) is 0 Å². The van der Waals surface area contributed by atoms with Crippen LogP contribution in [0, 0.1) is 6.85 Å². The fourth-order valence-corrected chi connectivity index (χ4v) is 1.37. The third-order valence-electron chi connectivity index (χ3n) is 3.04. The Hall–Kier alpha value is -0.935. The predicted molar refractivity (Wildman–Crippen MR) is 62.5 cm³/mol. The molecule has 0 atom stereocenters. The summed E-state index contributed by atoms with van der Waals surface area (Å²) in [4.78, 5) is 7.54. The molecule has 4 nitrogen and oxygen atoms in total. The van der Waals surface area contributed by atoms with Crippen molar-refractivity contribution in [1.82, 2.24) is 9.97 Å². The van der Waals surface area contributed by atoms with Crippen LogP contribution in [0.2, 0.25) is 0 Å². The second-order valence-corrected chi connectivity index (χ2v) is 4.77. The molecule has 0 N–H and O–H groups in total. The Bertz CT molecular complexity index is 560. The van der Waals surface area contributed by atoms with Crippen molar-refractivity contribution in [2.45, 2.75) is 45.7 Å². The lowest BCUT2D eigenvalue weighted by atomic mass is 9.85. The Balaban J connectivity index is 2.47. The normalized spacial score (nSPS) is 27.8. The number of hydrogen-bond acceptors (Lipinski definition) is 4. The molecule has 1 aliphatic rings. The number of rotatable bonds is 1. The van der Waals surface area contributed by atoms with Crippen molar-refractivity contribution >= 4 is 12.7 Å². The molecule has 1 aliphatic heterocycles. The number of aromatic nitrogens is 2. The first-order valence-electron chi connectivity index (χ1n) is 7.56. The first kappa shape index (κ1) is 6.72. The SMILES string of the molecule is [2H]c1nc([2H])c(C([2H])([2H])[2H])nc1B1OC(C)(C)C(C)(C)O1. The zero-order valence-corrected chi connectivity index (χ0v) is 9.79. The number of aryl methyl sites for hydroxylation is 1. The molecule has 1 aromatic heterocycles. The molecule has 1 aromatic rings. The number of nitrogens with zero attached hydrogens (tertiary/aromatic N) is 2. The van der Waals surface area contributed by atoms with Crippen molar-refractivity contribution in [3.05, 3.63) is 18.0 Å². The smallest absolute Gasteiger partial charge is 0.398 e. The second-order valence-electron chi connectivity index (χ2n) is 4.77. The van der Waals surface area contributed by atoms with Gasteiger partial charge in [0.2, 0.25) is 0 Å². The van der Waals surface area contributed by atoms with Gasteiger partial charge < -0.3 is 9.31 Å². The van der Waals surface area contributed by atoms with Crippen molar-refractivity contribution < 1.29 is 16.2 Å². The molecule has 2 rings (SSSR count). The average Bonchev–Trinajstić information content (AvgIpc) is 2.45. The van der Waals surface area contributed by atoms with Crippen molar-refractivity contribution in [2.75, 3.05) is 0 Å². The molecule has 0 saturated carbocycles. The van der Waals surface area contributed by atoms with Crippen LogP contribution in [-0.2, 0) is 9.31 Å². The zero-order chi connectivity index (χ0) is 16.2. The highest BCUT2D eigenvalue weighted by Gasteiger charge is 2.52. The summed E-state index contributed by atoms with van der Waals surface area (Å²) in [5.41, 5.74) is -1.74. The minimum Gasteiger partial charge on any atom is -0.398 e. The summed E-state index contributed by atoms with van der Waals surface area (Å²) in [6.07, 6.45) is -0.841. The molecular weight excluding hydrogens is 203 g/mol. The van der Waals surface area contributed by atoms with Crippen molar-refractivity contribution in [3.8, 4) is 0 Å². The van der Waals surface area contributed by atoms with Gasteiger partial charge in [-0.2, -0.15) is 0 Å². The van der Waals surface area contributed by atoms with E-state index in [0.29, 0.717) is 0 Å². The lowest BCUT2D eigenvalue weighted by Gasteiger charge is -2.32. The summed E-state index contributed by atoms with van der Waals surface area (Å²) >= 11 is 0. The van der Waals surface area contributed by atoms with Gasteiger partial charge in [-0.3, -0.25) is 9.97 Å². The average molecular weight is 225 g/mol. The molecule has 0 aliphatic carbocycles. The maximum Gasteiger partial charge on any atom is 0.516 e. The van der Waals surface area contributed by atoms with Crippen LogP contribution in [0.1, 0.15) is 40.2 Å². The molecule has 5 heteroatoms. The summed E-state index contributed by atoms with van der Waals surface area (Å²) in [6, 6.07) is 0. The van der Waals surface area contributed by atoms with Gasteiger partial charge in [-0.05, 0) is 34.5 Å². The molecule has 2 heterocycles. The van der Waals surface area contributed by atoms with Crippen LogP contribution in [0.3, 0.4) is 0 Å². The van der Waals surface area contributed by atoms with Crippen molar-refractivity contribution in [2.24, 2.45) is 0 Å². The molecule has 1 saturated heterocycles. The topological polar surface area (TPSA) is 44.2 Å². The maximum atomic E-state index is 7.80. The third kappa shape index (κ3) is 1.85. The van der Waals surface area contributed by atoms with Crippen LogP contribution >= 0.6 is 0 Å². The van der Waals surface area contributed by atoms with E-state index in [1.54, 1.807) is 0 Å². The van der Waals surface area contributed by atoms with Gasteiger partial charge in [-0.1, -0.05) is 0 Å². The van der Waals surface area contributed by atoms with Crippen LogP contribution in [-0.4, -0.2) is 28.3 Å². The standard InChI is InChI=1S/C11H17BN2O2/c1-8-6-13-7-9(14-8)12-15-10(2,3)11(4,5)16-12/h6-7H,1-5H3/i1D3,6D,7D. The first-order chi connectivity index (χ1) is 9.35. The van der Waals surface area contributed by atoms with Crippen LogP contribution in [0.5, 0.6) is 0 Å². The Morgan fingerprint density at radius 1 is 1.25 bits per heavy atom. The lowest BCUT2D eigenvalue weighted by Crippen LogP contribution is -2.41. The molecule has 0 amide bonds. The molecule has 86 valence electrons. The Labute approximate surface area is 104 Å². The van der Waals surface area contributed by atoms with Crippen molar-refractivity contribution in [1.29, 1.82) is 0 Å². The minimum atomic E-state index is -2.57. The van der Waals surface area contributed by atoms with Gasteiger partial charge >= 0.3 is 7.12 Å². The fourth-order valence-electron chi connectivity index (χ4n) is 1.37. The molecule has 1 fully saturated rings. The van der Waals surface area contributed by atoms with E-state index < -0.39 is 37.0 Å². The highest BCUT2D eigenvalue weighted by Crippen LogP contribution is 2.36. The molecule has 0 spiro atoms. The molecule has 0 unspecified atom stereocenters. The summed E-state index contributed by atoms with van der Waals surface area (Å²) in [5, 5.41) is 0. The molecule has 16 heavy (non-hydrogen) atoms. The maximum absolute atomic E-state index is 7.80. The molecule has 0 aromatic carbocycles. The monoisotopic (exact) mass is 225 g/mol. The van der Waals surface area contributed by atoms with Gasteiger partial charge in [0.25, 0.3) is 0 Å². The van der Waals surface area contributed by atoms with Gasteiger partial charge in [0.15, 0.2) is 0 Å². The Kier molecular flexibility index (Phi) is 1.48. The van der Waals surface area contributed by atoms with E-state index in [2.05, 4.69) is 9.97 Å². The van der Waals surface area contributed by atoms with Crippen molar-refractivity contribution in [3.63, 3.8) is 0 Å². The van der Waals surface area contributed by atoms with E-state index in [1.165, 1.54) is 0 Å². The number of hydrogen-bond donors (Lipinski definition) is 0. The highest BCUT2D eigenvalue weighted by molar-refractivity contribution is 6.61. The van der Waals surface area contributed by atoms with Crippen LogP contribution in [0.4, 0.5) is 0 Å². The fraction of sp³-hybridized carbons (Fsp3) is 0.636. The summed E-state index contributed by atoms with van der Waals surface area (Å²) < 4.78 is 49.0. The Morgan fingerprint density at radius 2 is 1.88 bits per heavy atom. The second kappa shape index (κ2) is 3.53. The van der Waals surface area contributed by atoms with Gasteiger partial charge in [0.05, 0.1) is 25.2 Å². The minimum absolute atomic E-state index is 0.0178. The van der Waals surface area contributed by atoms with E-state index in [1.807, 2.05) is 27.7 Å². The summed E-state index contributed by atoms with van der Waals surface area (Å²) in [7, 11) is -0.975. The van der Waals surface area contributed by atoms with E-state index in [0.717, 1.165) is 0 Å². The Morgan fingerprint density at radius 3 is 2.44 bits per heavy atom. The van der Waals surface area contributed by atoms with Crippen LogP contribution in [0.15, 0.2) is 12.3 Å². The van der Waals surface area contributed by atoms with Gasteiger partial charge in [0, 0.05) is 16.5 Å². The molecular formula is C11H17BN2O2. The van der Waals surface area contributed by atoms with E-state index in [-0.39, 0.29) is 11.8 Å². The highest BCUT2D eigenvalue weighted by atomic mass is 16.7. The largest absolute Gasteiger partial charge is 0.516 e. The molecule has 0 bridgehead atoms. The first-order valence-corrected chi connectivity index (χ1v) is 5.06. The van der Waals surface area contributed by atoms with E-state index in [4.69, 9.17) is 16.2 Å². The van der Waals surface area contributed by atoms with E-state index in [9.17, 15) is 0 Å². The zero-order valence-electron chi connectivity index (χ0n) is 14.8. The third-order valence-corrected chi connectivity index (χ3v) is 3.04. The summed E-state index contributed by atoms with van der Waals surface area (Å²) in [6.45, 7) is 4.79. The van der Waals surface area contributed by atoms with Gasteiger partial charge in [-0.25, -0.2) is 0 Å². The van der Waals surface area contributed by atoms with E-state index >= 15 is 0 Å². The quantitative estimate of drug-likeness (QED) is 0.671. The summed E-state index contributed by atoms with van der Waals surface area (Å²) in [5.74, 6) is 0. The van der Waals surface area contributed by atoms with Crippen LogP contribution < -0.4 is 5.59 Å². The predicted octanol–water partition coefficient (Wildman–Crippen LogP) is 1.08. The van der Waals surface area contributed by atoms with Gasteiger partial charge in [-0.15, -0.1) is 0 Å². The molecule has 0 radical (unpaired) electrons. The lowest BCUT2D eigenvalue weighted by molar-refractivity contribution is 0.00578.